The van der Waals surface area contributed by atoms with Crippen molar-refractivity contribution in [1.82, 2.24) is 9.97 Å². The quantitative estimate of drug-likeness (QED) is 0.597. The average Bonchev–Trinajstić information content (AvgIpc) is 2.62. The summed E-state index contributed by atoms with van der Waals surface area (Å²) in [5.41, 5.74) is 10.3. The molecule has 0 aliphatic heterocycles. The standard InChI is InChI=1S/C19H20ClN5O/c1-11-7-8-16(26-3)15(9-11)25-19-17(21)18(22-10-23-19)24-14-6-4-5-13(20)12(14)2/h4-10H,21H2,1-3H3,(H2,22,23,24,25). The Morgan fingerprint density at radius 1 is 1.00 bits per heavy atom. The van der Waals surface area contributed by atoms with Crippen LogP contribution in [0, 0.1) is 13.8 Å². The molecule has 0 saturated carbocycles. The van der Waals surface area contributed by atoms with Crippen molar-refractivity contribution < 1.29 is 4.74 Å². The summed E-state index contributed by atoms with van der Waals surface area (Å²) in [4.78, 5) is 8.50. The third-order valence-electron chi connectivity index (χ3n) is 4.01. The number of nitrogens with one attached hydrogen (secondary N) is 2. The van der Waals surface area contributed by atoms with E-state index in [-0.39, 0.29) is 0 Å². The number of anilines is 5. The van der Waals surface area contributed by atoms with E-state index in [0.29, 0.717) is 28.1 Å². The molecule has 6 nitrogen and oxygen atoms in total. The summed E-state index contributed by atoms with van der Waals surface area (Å²) in [7, 11) is 1.62. The number of nitrogen functional groups attached to an aromatic ring is 1. The molecular formula is C19H20ClN5O. The van der Waals surface area contributed by atoms with Crippen LogP contribution in [0.5, 0.6) is 5.75 Å². The molecule has 7 heteroatoms. The Labute approximate surface area is 157 Å². The maximum absolute atomic E-state index is 6.27. The Morgan fingerprint density at radius 3 is 2.38 bits per heavy atom. The van der Waals surface area contributed by atoms with E-state index in [1.54, 1.807) is 7.11 Å². The lowest BCUT2D eigenvalue weighted by atomic mass is 10.2. The first kappa shape index (κ1) is 17.8. The fourth-order valence-electron chi connectivity index (χ4n) is 2.51. The van der Waals surface area contributed by atoms with Gasteiger partial charge in [0.05, 0.1) is 12.8 Å². The lowest BCUT2D eigenvalue weighted by Gasteiger charge is -2.16. The predicted molar refractivity (Wildman–Crippen MR) is 107 cm³/mol. The highest BCUT2D eigenvalue weighted by Crippen LogP contribution is 2.33. The lowest BCUT2D eigenvalue weighted by Crippen LogP contribution is -2.06. The molecule has 0 saturated heterocycles. The topological polar surface area (TPSA) is 85.1 Å². The van der Waals surface area contributed by atoms with E-state index < -0.39 is 0 Å². The summed E-state index contributed by atoms with van der Waals surface area (Å²) in [6, 6.07) is 11.5. The fraction of sp³-hybridized carbons (Fsp3) is 0.158. The number of nitrogens with two attached hydrogens (primary N) is 1. The van der Waals surface area contributed by atoms with E-state index >= 15 is 0 Å². The summed E-state index contributed by atoms with van der Waals surface area (Å²) in [5, 5.41) is 7.10. The zero-order chi connectivity index (χ0) is 18.7. The van der Waals surface area contributed by atoms with Crippen LogP contribution < -0.4 is 21.1 Å². The molecule has 1 heterocycles. The molecule has 26 heavy (non-hydrogen) atoms. The molecule has 4 N–H and O–H groups in total. The largest absolute Gasteiger partial charge is 0.495 e. The molecule has 0 atom stereocenters. The van der Waals surface area contributed by atoms with Crippen molar-refractivity contribution in [3.63, 3.8) is 0 Å². The SMILES string of the molecule is COc1ccc(C)cc1Nc1ncnc(Nc2cccc(Cl)c2C)c1N. The molecular weight excluding hydrogens is 350 g/mol. The normalized spacial score (nSPS) is 10.5. The summed E-state index contributed by atoms with van der Waals surface area (Å²) >= 11 is 6.18. The van der Waals surface area contributed by atoms with Gasteiger partial charge in [0, 0.05) is 10.7 Å². The number of aryl methyl sites for hydroxylation is 1. The molecule has 3 rings (SSSR count). The number of ether oxygens (including phenoxy) is 1. The van der Waals surface area contributed by atoms with Crippen LogP contribution in [0.2, 0.25) is 5.02 Å². The molecule has 0 unspecified atom stereocenters. The Hall–Kier alpha value is -2.99. The molecule has 2 aromatic carbocycles. The lowest BCUT2D eigenvalue weighted by molar-refractivity contribution is 0.416. The van der Waals surface area contributed by atoms with Crippen molar-refractivity contribution in [2.45, 2.75) is 13.8 Å². The average molecular weight is 370 g/mol. The Bertz CT molecular complexity index is 945. The first-order chi connectivity index (χ1) is 12.5. The first-order valence-electron chi connectivity index (χ1n) is 8.04. The van der Waals surface area contributed by atoms with Gasteiger partial charge in [0.25, 0.3) is 0 Å². The van der Waals surface area contributed by atoms with Gasteiger partial charge in [-0.15, -0.1) is 0 Å². The van der Waals surface area contributed by atoms with E-state index in [9.17, 15) is 0 Å². The maximum Gasteiger partial charge on any atom is 0.159 e. The van der Waals surface area contributed by atoms with Gasteiger partial charge in [0.15, 0.2) is 11.6 Å². The zero-order valence-corrected chi connectivity index (χ0v) is 15.6. The Morgan fingerprint density at radius 2 is 1.69 bits per heavy atom. The molecule has 3 aromatic rings. The predicted octanol–water partition coefficient (Wildman–Crippen LogP) is 4.82. The first-order valence-corrected chi connectivity index (χ1v) is 8.41. The summed E-state index contributed by atoms with van der Waals surface area (Å²) in [6.07, 6.45) is 1.45. The van der Waals surface area contributed by atoms with Crippen LogP contribution in [0.15, 0.2) is 42.7 Å². The second-order valence-electron chi connectivity index (χ2n) is 5.85. The van der Waals surface area contributed by atoms with Gasteiger partial charge in [-0.05, 0) is 49.2 Å². The number of halogens is 1. The summed E-state index contributed by atoms with van der Waals surface area (Å²) in [5.74, 6) is 1.69. The molecule has 0 fully saturated rings. The molecule has 134 valence electrons. The summed E-state index contributed by atoms with van der Waals surface area (Å²) in [6.45, 7) is 3.93. The molecule has 0 spiro atoms. The number of hydrogen-bond acceptors (Lipinski definition) is 6. The van der Waals surface area contributed by atoms with E-state index in [2.05, 4.69) is 20.6 Å². The molecule has 0 radical (unpaired) electrons. The Balaban J connectivity index is 1.93. The van der Waals surface area contributed by atoms with Crippen LogP contribution >= 0.6 is 11.6 Å². The van der Waals surface area contributed by atoms with E-state index in [4.69, 9.17) is 22.1 Å². The number of methoxy groups -OCH3 is 1. The fourth-order valence-corrected chi connectivity index (χ4v) is 2.69. The molecule has 0 aliphatic rings. The van der Waals surface area contributed by atoms with Crippen molar-refractivity contribution in [3.8, 4) is 5.75 Å². The number of aromatic nitrogens is 2. The number of benzene rings is 2. The van der Waals surface area contributed by atoms with Crippen molar-refractivity contribution >= 4 is 40.3 Å². The smallest absolute Gasteiger partial charge is 0.159 e. The second-order valence-corrected chi connectivity index (χ2v) is 6.26. The maximum atomic E-state index is 6.27. The Kier molecular flexibility index (Phi) is 5.14. The molecule has 0 amide bonds. The van der Waals surface area contributed by atoms with Gasteiger partial charge in [-0.3, -0.25) is 0 Å². The zero-order valence-electron chi connectivity index (χ0n) is 14.8. The van der Waals surface area contributed by atoms with Crippen LogP contribution in [0.3, 0.4) is 0 Å². The minimum Gasteiger partial charge on any atom is -0.495 e. The molecule has 0 bridgehead atoms. The van der Waals surface area contributed by atoms with Gasteiger partial charge in [0.2, 0.25) is 0 Å². The van der Waals surface area contributed by atoms with Gasteiger partial charge in [-0.1, -0.05) is 23.7 Å². The number of hydrogen-bond donors (Lipinski definition) is 3. The number of rotatable bonds is 5. The van der Waals surface area contributed by atoms with Crippen molar-refractivity contribution in [3.05, 3.63) is 58.9 Å². The van der Waals surface area contributed by atoms with Crippen molar-refractivity contribution in [2.75, 3.05) is 23.5 Å². The highest BCUT2D eigenvalue weighted by Gasteiger charge is 2.12. The van der Waals surface area contributed by atoms with Crippen LogP contribution in [0.1, 0.15) is 11.1 Å². The van der Waals surface area contributed by atoms with E-state index in [1.165, 1.54) is 6.33 Å². The van der Waals surface area contributed by atoms with Crippen LogP contribution in [0.4, 0.5) is 28.7 Å². The van der Waals surface area contributed by atoms with Gasteiger partial charge < -0.3 is 21.1 Å². The van der Waals surface area contributed by atoms with Gasteiger partial charge in [0.1, 0.15) is 17.8 Å². The van der Waals surface area contributed by atoms with E-state index in [1.807, 2.05) is 50.2 Å². The molecule has 0 aliphatic carbocycles. The third kappa shape index (κ3) is 3.65. The monoisotopic (exact) mass is 369 g/mol. The third-order valence-corrected chi connectivity index (χ3v) is 4.42. The van der Waals surface area contributed by atoms with Crippen LogP contribution in [0.25, 0.3) is 0 Å². The van der Waals surface area contributed by atoms with Crippen LogP contribution in [-0.2, 0) is 0 Å². The minimum absolute atomic E-state index is 0.399. The highest BCUT2D eigenvalue weighted by atomic mass is 35.5. The van der Waals surface area contributed by atoms with E-state index in [0.717, 1.165) is 22.5 Å². The van der Waals surface area contributed by atoms with Gasteiger partial charge in [-0.25, -0.2) is 9.97 Å². The van der Waals surface area contributed by atoms with Gasteiger partial charge >= 0.3 is 0 Å². The van der Waals surface area contributed by atoms with Crippen molar-refractivity contribution in [1.29, 1.82) is 0 Å². The minimum atomic E-state index is 0.399. The highest BCUT2D eigenvalue weighted by molar-refractivity contribution is 6.31. The molecule has 1 aromatic heterocycles. The second kappa shape index (κ2) is 7.49. The van der Waals surface area contributed by atoms with Crippen molar-refractivity contribution in [2.24, 2.45) is 0 Å². The number of nitrogens with zero attached hydrogens (tertiary/aromatic N) is 2. The summed E-state index contributed by atoms with van der Waals surface area (Å²) < 4.78 is 5.39. The van der Waals surface area contributed by atoms with Crippen LogP contribution in [-0.4, -0.2) is 17.1 Å². The van der Waals surface area contributed by atoms with Gasteiger partial charge in [-0.2, -0.15) is 0 Å².